The summed E-state index contributed by atoms with van der Waals surface area (Å²) in [6.07, 6.45) is 18.1. The van der Waals surface area contributed by atoms with Crippen LogP contribution in [0.4, 0.5) is 0 Å². The maximum Gasteiger partial charge on any atom is 0.178 e. The normalized spacial score (nSPS) is 23.6. The van der Waals surface area contributed by atoms with E-state index >= 15 is 0 Å². The van der Waals surface area contributed by atoms with Gasteiger partial charge in [0.1, 0.15) is 11.5 Å². The first-order valence-corrected chi connectivity index (χ1v) is 9.30. The third-order valence-corrected chi connectivity index (χ3v) is 5.68. The van der Waals surface area contributed by atoms with Gasteiger partial charge < -0.3 is 4.57 Å². The number of hydrogen-bond donors (Lipinski definition) is 0. The summed E-state index contributed by atoms with van der Waals surface area (Å²) in [5, 5.41) is 0. The molecule has 1 fully saturated rings. The van der Waals surface area contributed by atoms with Crippen molar-refractivity contribution in [1.82, 2.24) is 24.5 Å². The molecular formula is C21H21N5. The summed E-state index contributed by atoms with van der Waals surface area (Å²) in [5.41, 5.74) is 1.73. The molecule has 0 amide bonds. The lowest BCUT2D eigenvalue weighted by molar-refractivity contribution is 0.389. The lowest BCUT2D eigenvalue weighted by atomic mass is 9.90. The highest BCUT2D eigenvalue weighted by Crippen LogP contribution is 2.45. The van der Waals surface area contributed by atoms with Crippen LogP contribution in [0.25, 0.3) is 22.9 Å². The largest absolute Gasteiger partial charge is 0.331 e. The van der Waals surface area contributed by atoms with Crippen molar-refractivity contribution in [1.29, 1.82) is 0 Å². The predicted octanol–water partition coefficient (Wildman–Crippen LogP) is 4.00. The van der Waals surface area contributed by atoms with Crippen molar-refractivity contribution >= 4 is 0 Å². The van der Waals surface area contributed by atoms with Gasteiger partial charge in [0.25, 0.3) is 0 Å². The number of rotatable bonds is 5. The number of pyridine rings is 1. The summed E-state index contributed by atoms with van der Waals surface area (Å²) in [4.78, 5) is 17.8. The second-order valence-corrected chi connectivity index (χ2v) is 7.28. The second-order valence-electron chi connectivity index (χ2n) is 7.28. The molecule has 2 aliphatic carbocycles. The molecule has 5 heteroatoms. The summed E-state index contributed by atoms with van der Waals surface area (Å²) >= 11 is 0. The minimum absolute atomic E-state index is 0.640. The summed E-state index contributed by atoms with van der Waals surface area (Å²) in [5.74, 6) is 4.04. The highest BCUT2D eigenvalue weighted by atomic mass is 15.1. The number of allylic oxidation sites excluding steroid dienone is 2. The number of imidazole rings is 1. The van der Waals surface area contributed by atoms with Crippen LogP contribution in [0.1, 0.15) is 19.3 Å². The van der Waals surface area contributed by atoms with E-state index in [0.29, 0.717) is 5.82 Å². The van der Waals surface area contributed by atoms with E-state index in [-0.39, 0.29) is 0 Å². The molecule has 0 N–H and O–H groups in total. The van der Waals surface area contributed by atoms with Crippen LogP contribution in [-0.4, -0.2) is 24.5 Å². The molecule has 0 unspecified atom stereocenters. The van der Waals surface area contributed by atoms with E-state index in [4.69, 9.17) is 0 Å². The Morgan fingerprint density at radius 2 is 1.88 bits per heavy atom. The van der Waals surface area contributed by atoms with Gasteiger partial charge in [-0.25, -0.2) is 15.0 Å². The van der Waals surface area contributed by atoms with Crippen molar-refractivity contribution < 1.29 is 0 Å². The minimum Gasteiger partial charge on any atom is -0.331 e. The van der Waals surface area contributed by atoms with E-state index in [1.54, 1.807) is 6.20 Å². The topological polar surface area (TPSA) is 56.5 Å². The molecule has 0 aromatic carbocycles. The molecule has 3 aromatic heterocycles. The maximum absolute atomic E-state index is 4.54. The molecule has 2 aliphatic rings. The van der Waals surface area contributed by atoms with Crippen LogP contribution in [0.15, 0.2) is 61.3 Å². The fourth-order valence-corrected chi connectivity index (χ4v) is 4.35. The molecule has 0 spiro atoms. The summed E-state index contributed by atoms with van der Waals surface area (Å²) in [7, 11) is 0. The van der Waals surface area contributed by atoms with Crippen molar-refractivity contribution in [2.24, 2.45) is 17.8 Å². The molecule has 26 heavy (non-hydrogen) atoms. The standard InChI is InChI=1S/C21H21N5/c1-2-7-22-19(3-1)20-24-13-18(14-25-20)21-23-8-10-26(21)9-6-17-12-15-4-5-16(17)11-15/h1-5,7-8,10,13-17H,6,9,11-12H2/t15-,16+,17-/m1/s1. The Labute approximate surface area is 152 Å². The first kappa shape index (κ1) is 15.4. The fraction of sp³-hybridized carbons (Fsp3) is 0.333. The fourth-order valence-electron chi connectivity index (χ4n) is 4.35. The SMILES string of the molecule is C1=C[C@H]2C[C@@H]1C[C@H]2CCn1ccnc1-c1cnc(-c2ccccn2)nc1. The van der Waals surface area contributed by atoms with Gasteiger partial charge in [0.15, 0.2) is 5.82 Å². The third kappa shape index (κ3) is 2.83. The van der Waals surface area contributed by atoms with Crippen LogP contribution in [0, 0.1) is 17.8 Å². The van der Waals surface area contributed by atoms with Gasteiger partial charge in [0, 0.05) is 37.5 Å². The molecule has 3 aromatic rings. The van der Waals surface area contributed by atoms with E-state index < -0.39 is 0 Å². The van der Waals surface area contributed by atoms with Gasteiger partial charge >= 0.3 is 0 Å². The van der Waals surface area contributed by atoms with Gasteiger partial charge in [-0.05, 0) is 49.1 Å². The van der Waals surface area contributed by atoms with E-state index in [0.717, 1.165) is 41.4 Å². The Morgan fingerprint density at radius 3 is 2.62 bits per heavy atom. The number of nitrogens with zero attached hydrogens (tertiary/aromatic N) is 5. The molecule has 5 nitrogen and oxygen atoms in total. The zero-order valence-corrected chi connectivity index (χ0v) is 14.6. The summed E-state index contributed by atoms with van der Waals surface area (Å²) in [6.45, 7) is 0.999. The Bertz CT molecular complexity index is 913. The highest BCUT2D eigenvalue weighted by Gasteiger charge is 2.35. The lowest BCUT2D eigenvalue weighted by Gasteiger charge is -2.18. The Kier molecular flexibility index (Phi) is 3.85. The van der Waals surface area contributed by atoms with Crippen molar-refractivity contribution in [2.45, 2.75) is 25.8 Å². The molecule has 0 saturated heterocycles. The van der Waals surface area contributed by atoms with E-state index in [9.17, 15) is 0 Å². The van der Waals surface area contributed by atoms with Gasteiger partial charge in [-0.15, -0.1) is 0 Å². The molecule has 0 aliphatic heterocycles. The van der Waals surface area contributed by atoms with Gasteiger partial charge in [0.2, 0.25) is 0 Å². The third-order valence-electron chi connectivity index (χ3n) is 5.68. The monoisotopic (exact) mass is 343 g/mol. The van der Waals surface area contributed by atoms with Crippen molar-refractivity contribution in [3.8, 4) is 22.9 Å². The van der Waals surface area contributed by atoms with Gasteiger partial charge in [-0.3, -0.25) is 4.98 Å². The van der Waals surface area contributed by atoms with Crippen LogP contribution in [0.5, 0.6) is 0 Å². The highest BCUT2D eigenvalue weighted by molar-refractivity contribution is 5.56. The predicted molar refractivity (Wildman–Crippen MR) is 99.9 cm³/mol. The number of fused-ring (bicyclic) bond motifs is 2. The lowest BCUT2D eigenvalue weighted by Crippen LogP contribution is -2.11. The number of aryl methyl sites for hydroxylation is 1. The van der Waals surface area contributed by atoms with Crippen molar-refractivity contribution in [3.63, 3.8) is 0 Å². The van der Waals surface area contributed by atoms with Crippen LogP contribution < -0.4 is 0 Å². The second kappa shape index (κ2) is 6.48. The zero-order chi connectivity index (χ0) is 17.3. The summed E-state index contributed by atoms with van der Waals surface area (Å²) in [6, 6.07) is 5.75. The summed E-state index contributed by atoms with van der Waals surface area (Å²) < 4.78 is 2.23. The number of aromatic nitrogens is 5. The smallest absolute Gasteiger partial charge is 0.178 e. The number of hydrogen-bond acceptors (Lipinski definition) is 4. The maximum atomic E-state index is 4.54. The zero-order valence-electron chi connectivity index (χ0n) is 14.6. The molecule has 0 radical (unpaired) electrons. The molecular weight excluding hydrogens is 322 g/mol. The van der Waals surface area contributed by atoms with Gasteiger partial charge in [-0.2, -0.15) is 0 Å². The van der Waals surface area contributed by atoms with Crippen LogP contribution in [0.2, 0.25) is 0 Å². The minimum atomic E-state index is 0.640. The average molecular weight is 343 g/mol. The molecule has 3 heterocycles. The van der Waals surface area contributed by atoms with Crippen LogP contribution in [0.3, 0.4) is 0 Å². The van der Waals surface area contributed by atoms with E-state index in [1.807, 2.05) is 36.8 Å². The molecule has 2 bridgehead atoms. The first-order valence-electron chi connectivity index (χ1n) is 9.30. The molecule has 1 saturated carbocycles. The first-order chi connectivity index (χ1) is 12.9. The molecule has 5 rings (SSSR count). The van der Waals surface area contributed by atoms with Gasteiger partial charge in [0.05, 0.1) is 5.56 Å². The molecule has 3 atom stereocenters. The van der Waals surface area contributed by atoms with Crippen molar-refractivity contribution in [3.05, 3.63) is 61.3 Å². The Hall–Kier alpha value is -2.82. The average Bonchev–Trinajstić information content (AvgIpc) is 3.44. The Morgan fingerprint density at radius 1 is 0.962 bits per heavy atom. The van der Waals surface area contributed by atoms with E-state index in [1.165, 1.54) is 19.3 Å². The molecule has 130 valence electrons. The quantitative estimate of drug-likeness (QED) is 0.657. The Balaban J connectivity index is 1.31. The van der Waals surface area contributed by atoms with Gasteiger partial charge in [-0.1, -0.05) is 18.2 Å². The van der Waals surface area contributed by atoms with Crippen molar-refractivity contribution in [2.75, 3.05) is 0 Å². The van der Waals surface area contributed by atoms with Crippen LogP contribution in [-0.2, 0) is 6.54 Å². The van der Waals surface area contributed by atoms with E-state index in [2.05, 4.69) is 42.9 Å². The van der Waals surface area contributed by atoms with Crippen LogP contribution >= 0.6 is 0 Å².